The molecular formula is C32H32ClFN6O4. The fourth-order valence-electron chi connectivity index (χ4n) is 5.26. The molecule has 0 unspecified atom stereocenters. The maximum Gasteiger partial charge on any atom is 0.274 e. The van der Waals surface area contributed by atoms with Gasteiger partial charge in [-0.05, 0) is 61.2 Å². The van der Waals surface area contributed by atoms with Gasteiger partial charge in [-0.25, -0.2) is 9.07 Å². The Kier molecular flexibility index (Phi) is 9.46. The first-order valence-corrected chi connectivity index (χ1v) is 14.6. The zero-order valence-electron chi connectivity index (χ0n) is 24.6. The predicted octanol–water partition coefficient (Wildman–Crippen LogP) is 5.42. The minimum absolute atomic E-state index is 0.00856. The molecule has 12 heteroatoms. The van der Waals surface area contributed by atoms with E-state index in [0.29, 0.717) is 36.3 Å². The van der Waals surface area contributed by atoms with Crippen molar-refractivity contribution in [2.75, 3.05) is 19.0 Å². The number of fused-ring (bicyclic) bond motifs is 4. The smallest absolute Gasteiger partial charge is 0.274 e. The summed E-state index contributed by atoms with van der Waals surface area (Å²) in [6.07, 6.45) is 3.55. The molecule has 1 aliphatic rings. The fourth-order valence-corrected chi connectivity index (χ4v) is 5.43. The van der Waals surface area contributed by atoms with E-state index in [2.05, 4.69) is 25.9 Å². The lowest BCUT2D eigenvalue weighted by atomic mass is 9.94. The van der Waals surface area contributed by atoms with E-state index >= 15 is 0 Å². The van der Waals surface area contributed by atoms with Crippen molar-refractivity contribution in [1.82, 2.24) is 25.3 Å². The number of ketones is 1. The highest BCUT2D eigenvalue weighted by atomic mass is 35.5. The van der Waals surface area contributed by atoms with Crippen LogP contribution in [0.4, 0.5) is 10.1 Å². The normalized spacial score (nSPS) is 16.7. The maximum absolute atomic E-state index is 14.7. The number of halogens is 2. The molecule has 2 amide bonds. The zero-order valence-corrected chi connectivity index (χ0v) is 25.3. The molecule has 10 nitrogen and oxygen atoms in total. The molecule has 2 aromatic heterocycles. The number of hydrogen-bond donors (Lipinski definition) is 2. The highest BCUT2D eigenvalue weighted by molar-refractivity contribution is 6.30. The Morgan fingerprint density at radius 1 is 1.18 bits per heavy atom. The van der Waals surface area contributed by atoms with Crippen LogP contribution in [0.3, 0.4) is 0 Å². The first kappa shape index (κ1) is 31.0. The third-order valence-electron chi connectivity index (χ3n) is 7.65. The number of rotatable bonds is 7. The summed E-state index contributed by atoms with van der Waals surface area (Å²) >= 11 is 5.95. The molecule has 2 aromatic carbocycles. The van der Waals surface area contributed by atoms with E-state index in [-0.39, 0.29) is 47.0 Å². The number of anilines is 1. The Labute approximate surface area is 259 Å². The number of aromatic nitrogens is 4. The maximum atomic E-state index is 14.7. The topological polar surface area (TPSA) is 128 Å². The minimum atomic E-state index is -0.665. The van der Waals surface area contributed by atoms with Crippen molar-refractivity contribution in [2.45, 2.75) is 45.6 Å². The van der Waals surface area contributed by atoms with Crippen molar-refractivity contribution in [3.05, 3.63) is 88.2 Å². The van der Waals surface area contributed by atoms with Gasteiger partial charge in [-0.15, -0.1) is 5.10 Å². The predicted molar refractivity (Wildman–Crippen MR) is 163 cm³/mol. The molecule has 2 bridgehead atoms. The SMILES string of the molecule is COCC(=O)Cc1ccc2c(c1)NC(=O)[C@H](C)CCC[C@H](NC(=O)c1nnn(-c3cccc(Cl)c3F)c1C)c1cc-2ccn1. The summed E-state index contributed by atoms with van der Waals surface area (Å²) in [6, 6.07) is 13.3. The van der Waals surface area contributed by atoms with Crippen molar-refractivity contribution >= 4 is 34.9 Å². The van der Waals surface area contributed by atoms with E-state index in [0.717, 1.165) is 16.7 Å². The van der Waals surface area contributed by atoms with E-state index < -0.39 is 17.8 Å². The van der Waals surface area contributed by atoms with Crippen molar-refractivity contribution in [3.8, 4) is 16.8 Å². The van der Waals surface area contributed by atoms with Crippen LogP contribution in [0, 0.1) is 18.7 Å². The summed E-state index contributed by atoms with van der Waals surface area (Å²) in [7, 11) is 1.47. The Bertz CT molecular complexity index is 1720. The molecule has 0 aliphatic carbocycles. The van der Waals surface area contributed by atoms with Gasteiger partial charge in [0.1, 0.15) is 12.3 Å². The lowest BCUT2D eigenvalue weighted by Gasteiger charge is -2.22. The van der Waals surface area contributed by atoms with Crippen LogP contribution in [-0.4, -0.2) is 51.3 Å². The van der Waals surface area contributed by atoms with Crippen molar-refractivity contribution in [1.29, 1.82) is 0 Å². The highest BCUT2D eigenvalue weighted by Crippen LogP contribution is 2.33. The summed E-state index contributed by atoms with van der Waals surface area (Å²) in [5, 5.41) is 14.1. The molecular weight excluding hydrogens is 587 g/mol. The van der Waals surface area contributed by atoms with Crippen LogP contribution in [0.2, 0.25) is 5.02 Å². The van der Waals surface area contributed by atoms with Crippen LogP contribution in [0.5, 0.6) is 0 Å². The number of hydrogen-bond acceptors (Lipinski definition) is 7. The summed E-state index contributed by atoms with van der Waals surface area (Å²) in [4.78, 5) is 43.5. The summed E-state index contributed by atoms with van der Waals surface area (Å²) in [6.45, 7) is 3.49. The third-order valence-corrected chi connectivity index (χ3v) is 7.94. The van der Waals surface area contributed by atoms with Gasteiger partial charge in [0.15, 0.2) is 17.3 Å². The number of benzene rings is 2. The van der Waals surface area contributed by atoms with Gasteiger partial charge < -0.3 is 15.4 Å². The van der Waals surface area contributed by atoms with Crippen molar-refractivity contribution in [3.63, 3.8) is 0 Å². The van der Waals surface area contributed by atoms with Crippen molar-refractivity contribution in [2.24, 2.45) is 5.92 Å². The second kappa shape index (κ2) is 13.4. The molecule has 1 aliphatic heterocycles. The molecule has 0 radical (unpaired) electrons. The minimum Gasteiger partial charge on any atom is -0.377 e. The van der Waals surface area contributed by atoms with Gasteiger partial charge in [0.2, 0.25) is 5.91 Å². The second-order valence-corrected chi connectivity index (χ2v) is 11.3. The number of nitrogens with zero attached hydrogens (tertiary/aromatic N) is 4. The number of amides is 2. The quantitative estimate of drug-likeness (QED) is 0.283. The second-order valence-electron chi connectivity index (χ2n) is 10.9. The Morgan fingerprint density at radius 2 is 2.00 bits per heavy atom. The van der Waals surface area contributed by atoms with Gasteiger partial charge in [-0.2, -0.15) is 0 Å². The largest absolute Gasteiger partial charge is 0.377 e. The first-order chi connectivity index (χ1) is 21.2. The van der Waals surface area contributed by atoms with Crippen LogP contribution in [0.1, 0.15) is 59.7 Å². The number of Topliss-reactive ketones (excluding diaryl/α,β-unsaturated/α-hetero) is 1. The molecule has 0 spiro atoms. The molecule has 2 atom stereocenters. The molecule has 5 rings (SSSR count). The molecule has 0 fully saturated rings. The van der Waals surface area contributed by atoms with Crippen LogP contribution in [0.15, 0.2) is 54.7 Å². The fraction of sp³-hybridized carbons (Fsp3) is 0.312. The first-order valence-electron chi connectivity index (χ1n) is 14.2. The van der Waals surface area contributed by atoms with Gasteiger partial charge in [0.25, 0.3) is 5.91 Å². The number of nitrogens with one attached hydrogen (secondary N) is 2. The Morgan fingerprint density at radius 3 is 2.80 bits per heavy atom. The molecule has 3 heterocycles. The molecule has 228 valence electrons. The van der Waals surface area contributed by atoms with E-state index in [9.17, 15) is 18.8 Å². The van der Waals surface area contributed by atoms with E-state index in [1.807, 2.05) is 37.3 Å². The van der Waals surface area contributed by atoms with Crippen LogP contribution in [0.25, 0.3) is 16.8 Å². The summed E-state index contributed by atoms with van der Waals surface area (Å²) in [5.41, 5.74) is 3.98. The molecule has 0 saturated heterocycles. The molecule has 4 aromatic rings. The van der Waals surface area contributed by atoms with Gasteiger partial charge >= 0.3 is 0 Å². The van der Waals surface area contributed by atoms with Gasteiger partial charge in [0.05, 0.1) is 22.5 Å². The molecule has 0 saturated carbocycles. The van der Waals surface area contributed by atoms with Crippen molar-refractivity contribution < 1.29 is 23.5 Å². The van der Waals surface area contributed by atoms with Gasteiger partial charge in [-0.1, -0.05) is 48.4 Å². The lowest BCUT2D eigenvalue weighted by Crippen LogP contribution is -2.30. The van der Waals surface area contributed by atoms with Crippen LogP contribution >= 0.6 is 11.6 Å². The monoisotopic (exact) mass is 618 g/mol. The molecule has 44 heavy (non-hydrogen) atoms. The van der Waals surface area contributed by atoms with Crippen LogP contribution < -0.4 is 10.6 Å². The number of methoxy groups -OCH3 is 1. The average Bonchev–Trinajstić information content (AvgIpc) is 3.38. The number of ether oxygens (including phenoxy) is 1. The highest BCUT2D eigenvalue weighted by Gasteiger charge is 2.25. The number of carbonyl (C=O) groups is 3. The van der Waals surface area contributed by atoms with Crippen LogP contribution in [-0.2, 0) is 20.7 Å². The van der Waals surface area contributed by atoms with E-state index in [1.54, 1.807) is 19.2 Å². The van der Waals surface area contributed by atoms with Gasteiger partial charge in [0, 0.05) is 36.9 Å². The standard InChI is InChI=1S/C32H32ClFN6O4/c1-18-6-4-8-25(36-32(43)30-19(2)40(39-38-30)28-9-5-7-24(33)29(28)34)27-16-21(12-13-35-27)23-11-10-20(14-22(41)17-44-3)15-26(23)37-31(18)42/h5,7,9-13,15-16,18,25H,4,6,8,14,17H2,1-3H3,(H,36,43)(H,37,42)/t18-,25+/m1/s1. The number of carbonyl (C=O) groups excluding carboxylic acids is 3. The Balaban J connectivity index is 1.47. The number of pyridine rings is 1. The Hall–Kier alpha value is -4.48. The van der Waals surface area contributed by atoms with E-state index in [4.69, 9.17) is 16.3 Å². The zero-order chi connectivity index (χ0) is 31.4. The lowest BCUT2D eigenvalue weighted by molar-refractivity contribution is -0.122. The summed E-state index contributed by atoms with van der Waals surface area (Å²) < 4.78 is 20.9. The molecule has 2 N–H and O–H groups in total. The third kappa shape index (κ3) is 6.68. The average molecular weight is 619 g/mol. The summed E-state index contributed by atoms with van der Waals surface area (Å²) in [5.74, 6) is -1.67. The van der Waals surface area contributed by atoms with E-state index in [1.165, 1.54) is 23.9 Å². The van der Waals surface area contributed by atoms with Gasteiger partial charge in [-0.3, -0.25) is 19.4 Å².